The van der Waals surface area contributed by atoms with E-state index in [1.807, 2.05) is 36.4 Å². The fourth-order valence-corrected chi connectivity index (χ4v) is 3.64. The molecule has 2 aromatic carbocycles. The molecule has 0 bridgehead atoms. The Labute approximate surface area is 194 Å². The summed E-state index contributed by atoms with van der Waals surface area (Å²) in [6, 6.07) is 14.2. The Balaban J connectivity index is 0.00000210. The maximum absolute atomic E-state index is 5.99. The quantitative estimate of drug-likeness (QED) is 0.512. The highest BCUT2D eigenvalue weighted by Crippen LogP contribution is 2.37. The zero-order chi connectivity index (χ0) is 18.9. The van der Waals surface area contributed by atoms with Crippen LogP contribution in [0.2, 0.25) is 0 Å². The lowest BCUT2D eigenvalue weighted by Crippen LogP contribution is -2.40. The lowest BCUT2D eigenvalue weighted by molar-refractivity contribution is 0.0384. The smallest absolute Gasteiger partial charge is 0.175 e. The van der Waals surface area contributed by atoms with E-state index in [4.69, 9.17) is 14.2 Å². The minimum absolute atomic E-state index is 0. The second-order valence-corrected chi connectivity index (χ2v) is 7.37. The van der Waals surface area contributed by atoms with E-state index >= 15 is 0 Å². The molecule has 0 radical (unpaired) electrons. The van der Waals surface area contributed by atoms with Crippen molar-refractivity contribution in [1.29, 1.82) is 0 Å². The number of ether oxygens (including phenoxy) is 3. The highest BCUT2D eigenvalue weighted by atomic mass is 79.9. The lowest BCUT2D eigenvalue weighted by atomic mass is 10.2. The minimum Gasteiger partial charge on any atom is -0.493 e. The second kappa shape index (κ2) is 14.1. The van der Waals surface area contributed by atoms with Crippen molar-refractivity contribution in [2.45, 2.75) is 13.2 Å². The van der Waals surface area contributed by atoms with Crippen molar-refractivity contribution in [1.82, 2.24) is 10.2 Å². The predicted octanol–water partition coefficient (Wildman–Crippen LogP) is 4.30. The molecule has 0 spiro atoms. The summed E-state index contributed by atoms with van der Waals surface area (Å²) in [4.78, 5) is 2.42. The van der Waals surface area contributed by atoms with Crippen LogP contribution in [0.25, 0.3) is 0 Å². The zero-order valence-electron chi connectivity index (χ0n) is 16.6. The number of hydrogen-bond donors (Lipinski definition) is 1. The van der Waals surface area contributed by atoms with Crippen LogP contribution in [0.4, 0.5) is 0 Å². The van der Waals surface area contributed by atoms with E-state index in [1.54, 1.807) is 7.11 Å². The summed E-state index contributed by atoms with van der Waals surface area (Å²) in [5.41, 5.74) is 2.29. The molecular weight excluding hydrogens is 479 g/mol. The van der Waals surface area contributed by atoms with Crippen LogP contribution in [0.3, 0.4) is 0 Å². The molecule has 0 atom stereocenters. The molecule has 0 aliphatic carbocycles. The van der Waals surface area contributed by atoms with Gasteiger partial charge in [0.05, 0.1) is 24.8 Å². The Kier molecular flexibility index (Phi) is 12.6. The van der Waals surface area contributed by atoms with Crippen LogP contribution >= 0.6 is 40.7 Å². The molecule has 162 valence electrons. The van der Waals surface area contributed by atoms with Gasteiger partial charge >= 0.3 is 0 Å². The average molecular weight is 508 g/mol. The summed E-state index contributed by atoms with van der Waals surface area (Å²) in [5, 5.41) is 3.51. The molecule has 0 aromatic heterocycles. The Bertz CT molecular complexity index is 717. The average Bonchev–Trinajstić information content (AvgIpc) is 2.71. The summed E-state index contributed by atoms with van der Waals surface area (Å²) in [5.74, 6) is 1.48. The molecule has 3 rings (SSSR count). The summed E-state index contributed by atoms with van der Waals surface area (Å²) >= 11 is 3.63. The van der Waals surface area contributed by atoms with Crippen LogP contribution < -0.4 is 14.8 Å². The van der Waals surface area contributed by atoms with E-state index in [-0.39, 0.29) is 24.8 Å². The summed E-state index contributed by atoms with van der Waals surface area (Å²) < 4.78 is 17.8. The molecule has 2 aromatic rings. The van der Waals surface area contributed by atoms with Crippen molar-refractivity contribution in [3.8, 4) is 11.5 Å². The van der Waals surface area contributed by atoms with Crippen LogP contribution in [0, 0.1) is 0 Å². The van der Waals surface area contributed by atoms with E-state index in [9.17, 15) is 0 Å². The first-order chi connectivity index (χ1) is 13.3. The zero-order valence-corrected chi connectivity index (χ0v) is 19.8. The van der Waals surface area contributed by atoms with Crippen molar-refractivity contribution in [2.75, 3.05) is 46.5 Å². The van der Waals surface area contributed by atoms with Gasteiger partial charge in [-0.15, -0.1) is 24.8 Å². The molecular formula is C21H29BrCl2N2O3. The maximum Gasteiger partial charge on any atom is 0.175 e. The highest BCUT2D eigenvalue weighted by Gasteiger charge is 2.13. The van der Waals surface area contributed by atoms with E-state index in [1.165, 1.54) is 0 Å². The lowest BCUT2D eigenvalue weighted by Gasteiger charge is -2.26. The molecule has 0 amide bonds. The normalized spacial score (nSPS) is 13.9. The van der Waals surface area contributed by atoms with Gasteiger partial charge in [0.15, 0.2) is 11.5 Å². The van der Waals surface area contributed by atoms with Crippen molar-refractivity contribution in [2.24, 2.45) is 0 Å². The van der Waals surface area contributed by atoms with E-state index in [0.29, 0.717) is 6.61 Å². The largest absolute Gasteiger partial charge is 0.493 e. The number of morpholine rings is 1. The fourth-order valence-electron chi connectivity index (χ4n) is 3.04. The topological polar surface area (TPSA) is 43.0 Å². The SMILES string of the molecule is COc1cc(CNCCN2CCOCC2)cc(Br)c1OCc1ccccc1.Cl.Cl. The Morgan fingerprint density at radius 3 is 2.48 bits per heavy atom. The molecule has 29 heavy (non-hydrogen) atoms. The van der Waals surface area contributed by atoms with E-state index in [0.717, 1.165) is 73.0 Å². The van der Waals surface area contributed by atoms with E-state index in [2.05, 4.69) is 32.2 Å². The molecule has 1 fully saturated rings. The van der Waals surface area contributed by atoms with Gasteiger partial charge in [0.25, 0.3) is 0 Å². The monoisotopic (exact) mass is 506 g/mol. The van der Waals surface area contributed by atoms with Crippen molar-refractivity contribution >= 4 is 40.7 Å². The van der Waals surface area contributed by atoms with E-state index < -0.39 is 0 Å². The van der Waals surface area contributed by atoms with Crippen LogP contribution in [0.5, 0.6) is 11.5 Å². The number of rotatable bonds is 9. The molecule has 0 saturated carbocycles. The number of nitrogens with zero attached hydrogens (tertiary/aromatic N) is 1. The second-order valence-electron chi connectivity index (χ2n) is 6.51. The van der Waals surface area contributed by atoms with Gasteiger partial charge in [0, 0.05) is 32.7 Å². The first kappa shape index (κ1) is 26.0. The first-order valence-corrected chi connectivity index (χ1v) is 10.1. The van der Waals surface area contributed by atoms with Crippen LogP contribution in [0.15, 0.2) is 46.9 Å². The molecule has 1 N–H and O–H groups in total. The third kappa shape index (κ3) is 8.32. The third-order valence-corrected chi connectivity index (χ3v) is 5.14. The number of hydrogen-bond acceptors (Lipinski definition) is 5. The van der Waals surface area contributed by atoms with Crippen LogP contribution in [-0.2, 0) is 17.9 Å². The van der Waals surface area contributed by atoms with Gasteiger partial charge in [-0.05, 0) is 39.2 Å². The highest BCUT2D eigenvalue weighted by molar-refractivity contribution is 9.10. The third-order valence-electron chi connectivity index (χ3n) is 4.55. The van der Waals surface area contributed by atoms with Gasteiger partial charge in [-0.2, -0.15) is 0 Å². The Morgan fingerprint density at radius 2 is 1.79 bits per heavy atom. The molecule has 1 saturated heterocycles. The predicted molar refractivity (Wildman–Crippen MR) is 125 cm³/mol. The van der Waals surface area contributed by atoms with Gasteiger partial charge in [-0.3, -0.25) is 4.90 Å². The molecule has 0 unspecified atom stereocenters. The van der Waals surface area contributed by atoms with Crippen molar-refractivity contribution in [3.05, 3.63) is 58.1 Å². The fraction of sp³-hybridized carbons (Fsp3) is 0.429. The summed E-state index contributed by atoms with van der Waals surface area (Å²) in [7, 11) is 1.67. The Morgan fingerprint density at radius 1 is 1.07 bits per heavy atom. The standard InChI is InChI=1S/C21H27BrN2O3.2ClH/c1-25-20-14-18(15-23-7-8-24-9-11-26-12-10-24)13-19(22)21(20)27-16-17-5-3-2-4-6-17;;/h2-6,13-14,23H,7-12,15-16H2,1H3;2*1H. The Hall–Kier alpha value is -1.02. The van der Waals surface area contributed by atoms with Crippen molar-refractivity contribution in [3.63, 3.8) is 0 Å². The van der Waals surface area contributed by atoms with Gasteiger partial charge in [-0.1, -0.05) is 30.3 Å². The number of halogens is 3. The summed E-state index contributed by atoms with van der Waals surface area (Å²) in [6.45, 7) is 7.02. The molecule has 1 heterocycles. The van der Waals surface area contributed by atoms with Gasteiger partial charge in [0.2, 0.25) is 0 Å². The van der Waals surface area contributed by atoms with Crippen molar-refractivity contribution < 1.29 is 14.2 Å². The molecule has 5 nitrogen and oxygen atoms in total. The number of benzene rings is 2. The molecule has 8 heteroatoms. The van der Waals surface area contributed by atoms with Gasteiger partial charge in [0.1, 0.15) is 6.61 Å². The van der Waals surface area contributed by atoms with Crippen LogP contribution in [0.1, 0.15) is 11.1 Å². The first-order valence-electron chi connectivity index (χ1n) is 9.30. The molecule has 1 aliphatic rings. The summed E-state index contributed by atoms with van der Waals surface area (Å²) in [6.07, 6.45) is 0. The molecule has 1 aliphatic heterocycles. The van der Waals surface area contributed by atoms with Gasteiger partial charge < -0.3 is 19.5 Å². The minimum atomic E-state index is 0. The number of methoxy groups -OCH3 is 1. The van der Waals surface area contributed by atoms with Gasteiger partial charge in [-0.25, -0.2) is 0 Å². The number of nitrogens with one attached hydrogen (secondary N) is 1. The van der Waals surface area contributed by atoms with Crippen LogP contribution in [-0.4, -0.2) is 51.4 Å². The maximum atomic E-state index is 5.99.